The average molecular weight is 282 g/mol. The molecule has 0 fully saturated rings. The highest BCUT2D eigenvalue weighted by Crippen LogP contribution is 2.24. The van der Waals surface area contributed by atoms with Gasteiger partial charge in [-0.1, -0.05) is 12.1 Å². The molecular weight excluding hydrogens is 264 g/mol. The molecule has 0 aliphatic rings. The predicted molar refractivity (Wildman–Crippen MR) is 76.7 cm³/mol. The molecule has 104 valence electrons. The molecule has 1 rings (SSSR count). The van der Waals surface area contributed by atoms with Gasteiger partial charge in [0.25, 0.3) is 0 Å². The summed E-state index contributed by atoms with van der Waals surface area (Å²) in [4.78, 5) is 22.9. The summed E-state index contributed by atoms with van der Waals surface area (Å²) in [5, 5.41) is 14.0. The fourth-order valence-corrected chi connectivity index (χ4v) is 2.07. The number of carboxylic acid groups (broad SMARTS) is 1. The number of urea groups is 1. The van der Waals surface area contributed by atoms with Crippen LogP contribution in [0.5, 0.6) is 0 Å². The van der Waals surface area contributed by atoms with Gasteiger partial charge in [0.05, 0.1) is 5.69 Å². The van der Waals surface area contributed by atoms with Crippen LogP contribution < -0.4 is 10.6 Å². The van der Waals surface area contributed by atoms with E-state index in [0.29, 0.717) is 19.4 Å². The van der Waals surface area contributed by atoms with Crippen molar-refractivity contribution in [2.24, 2.45) is 0 Å². The van der Waals surface area contributed by atoms with E-state index in [1.165, 1.54) is 0 Å². The minimum absolute atomic E-state index is 0.138. The molecule has 6 heteroatoms. The first-order chi connectivity index (χ1) is 9.13. The van der Waals surface area contributed by atoms with Crippen molar-refractivity contribution in [1.82, 2.24) is 5.32 Å². The van der Waals surface area contributed by atoms with E-state index in [1.54, 1.807) is 11.8 Å². The standard InChI is InChI=1S/C13H18N2O3S/c1-19-11-7-3-2-6-10(11)15-13(18)14-9-5-4-8-12(16)17/h2-3,6-7H,4-5,8-9H2,1H3,(H,16,17)(H2,14,15,18). The lowest BCUT2D eigenvalue weighted by Crippen LogP contribution is -2.29. The topological polar surface area (TPSA) is 78.4 Å². The second kappa shape index (κ2) is 8.42. The van der Waals surface area contributed by atoms with E-state index < -0.39 is 5.97 Å². The van der Waals surface area contributed by atoms with Crippen molar-refractivity contribution in [3.05, 3.63) is 24.3 Å². The molecule has 1 aromatic carbocycles. The van der Waals surface area contributed by atoms with Crippen LogP contribution in [0.15, 0.2) is 29.2 Å². The number of carbonyl (C=O) groups excluding carboxylic acids is 1. The zero-order valence-corrected chi connectivity index (χ0v) is 11.6. The quantitative estimate of drug-likeness (QED) is 0.531. The number of carbonyl (C=O) groups is 2. The molecule has 1 aromatic rings. The number of benzene rings is 1. The first-order valence-corrected chi connectivity index (χ1v) is 7.25. The number of thioether (sulfide) groups is 1. The lowest BCUT2D eigenvalue weighted by molar-refractivity contribution is -0.137. The summed E-state index contributed by atoms with van der Waals surface area (Å²) in [6.07, 6.45) is 3.31. The molecule has 0 atom stereocenters. The van der Waals surface area contributed by atoms with Crippen LogP contribution >= 0.6 is 11.8 Å². The molecule has 0 aliphatic carbocycles. The number of anilines is 1. The summed E-state index contributed by atoms with van der Waals surface area (Å²) in [7, 11) is 0. The van der Waals surface area contributed by atoms with Gasteiger partial charge in [-0.3, -0.25) is 4.79 Å². The number of para-hydroxylation sites is 1. The number of aliphatic carboxylic acids is 1. The number of amides is 2. The average Bonchev–Trinajstić information content (AvgIpc) is 2.38. The molecule has 0 spiro atoms. The Morgan fingerprint density at radius 1 is 1.26 bits per heavy atom. The van der Waals surface area contributed by atoms with Crippen LogP contribution in [-0.4, -0.2) is 29.9 Å². The van der Waals surface area contributed by atoms with Gasteiger partial charge in [-0.2, -0.15) is 0 Å². The molecule has 0 saturated heterocycles. The smallest absolute Gasteiger partial charge is 0.319 e. The van der Waals surface area contributed by atoms with Crippen molar-refractivity contribution in [2.45, 2.75) is 24.2 Å². The number of hydrogen-bond acceptors (Lipinski definition) is 3. The van der Waals surface area contributed by atoms with Gasteiger partial charge in [0.15, 0.2) is 0 Å². The third-order valence-corrected chi connectivity index (χ3v) is 3.25. The molecule has 5 nitrogen and oxygen atoms in total. The minimum Gasteiger partial charge on any atom is -0.481 e. The molecular formula is C13H18N2O3S. The number of nitrogens with one attached hydrogen (secondary N) is 2. The molecule has 19 heavy (non-hydrogen) atoms. The van der Waals surface area contributed by atoms with E-state index in [1.807, 2.05) is 30.5 Å². The molecule has 0 aromatic heterocycles. The predicted octanol–water partition coefficient (Wildman–Crippen LogP) is 2.78. The normalized spacial score (nSPS) is 9.95. The maximum Gasteiger partial charge on any atom is 0.319 e. The number of rotatable bonds is 7. The summed E-state index contributed by atoms with van der Waals surface area (Å²) in [6.45, 7) is 0.473. The van der Waals surface area contributed by atoms with Crippen LogP contribution in [0.2, 0.25) is 0 Å². The molecule has 0 radical (unpaired) electrons. The van der Waals surface area contributed by atoms with Crippen molar-refractivity contribution in [3.63, 3.8) is 0 Å². The van der Waals surface area contributed by atoms with Gasteiger partial charge < -0.3 is 15.7 Å². The molecule has 0 unspecified atom stereocenters. The Morgan fingerprint density at radius 2 is 2.00 bits per heavy atom. The van der Waals surface area contributed by atoms with E-state index >= 15 is 0 Å². The Morgan fingerprint density at radius 3 is 2.68 bits per heavy atom. The van der Waals surface area contributed by atoms with Crippen LogP contribution in [0, 0.1) is 0 Å². The second-order valence-corrected chi connectivity index (χ2v) is 4.78. The van der Waals surface area contributed by atoms with Crippen LogP contribution in [0.3, 0.4) is 0 Å². The number of carboxylic acids is 1. The van der Waals surface area contributed by atoms with Gasteiger partial charge in [-0.25, -0.2) is 4.79 Å². The van der Waals surface area contributed by atoms with Crippen LogP contribution in [0.4, 0.5) is 10.5 Å². The van der Waals surface area contributed by atoms with Gasteiger partial charge in [-0.05, 0) is 31.2 Å². The molecule has 0 saturated carbocycles. The zero-order chi connectivity index (χ0) is 14.1. The zero-order valence-electron chi connectivity index (χ0n) is 10.8. The second-order valence-electron chi connectivity index (χ2n) is 3.93. The Bertz CT molecular complexity index is 438. The number of unbranched alkanes of at least 4 members (excludes halogenated alkanes) is 1. The van der Waals surface area contributed by atoms with Crippen molar-refractivity contribution in [1.29, 1.82) is 0 Å². The molecule has 2 amide bonds. The van der Waals surface area contributed by atoms with Crippen LogP contribution in [0.1, 0.15) is 19.3 Å². The summed E-state index contributed by atoms with van der Waals surface area (Å²) in [5.74, 6) is -0.807. The molecule has 0 bridgehead atoms. The maximum atomic E-state index is 11.6. The molecule has 0 aliphatic heterocycles. The van der Waals surface area contributed by atoms with E-state index in [9.17, 15) is 9.59 Å². The lowest BCUT2D eigenvalue weighted by atomic mass is 10.2. The highest BCUT2D eigenvalue weighted by Gasteiger charge is 2.05. The first-order valence-electron chi connectivity index (χ1n) is 6.03. The third-order valence-electron chi connectivity index (χ3n) is 2.46. The SMILES string of the molecule is CSc1ccccc1NC(=O)NCCCCC(=O)O. The van der Waals surface area contributed by atoms with Gasteiger partial charge in [0.1, 0.15) is 0 Å². The van der Waals surface area contributed by atoms with Crippen molar-refractivity contribution in [2.75, 3.05) is 18.1 Å². The minimum atomic E-state index is -0.807. The van der Waals surface area contributed by atoms with Crippen molar-refractivity contribution in [3.8, 4) is 0 Å². The fourth-order valence-electron chi connectivity index (χ4n) is 1.52. The Kier molecular flexibility index (Phi) is 6.81. The Labute approximate surface area is 116 Å². The monoisotopic (exact) mass is 282 g/mol. The third kappa shape index (κ3) is 6.15. The lowest BCUT2D eigenvalue weighted by Gasteiger charge is -2.10. The van der Waals surface area contributed by atoms with Gasteiger partial charge in [0.2, 0.25) is 0 Å². The van der Waals surface area contributed by atoms with E-state index in [-0.39, 0.29) is 12.5 Å². The van der Waals surface area contributed by atoms with E-state index in [0.717, 1.165) is 10.6 Å². The first kappa shape index (κ1) is 15.4. The number of hydrogen-bond donors (Lipinski definition) is 3. The highest BCUT2D eigenvalue weighted by atomic mass is 32.2. The van der Waals surface area contributed by atoms with E-state index in [2.05, 4.69) is 10.6 Å². The summed E-state index contributed by atoms with van der Waals surface area (Å²) >= 11 is 1.56. The van der Waals surface area contributed by atoms with Crippen molar-refractivity contribution < 1.29 is 14.7 Å². The van der Waals surface area contributed by atoms with E-state index in [4.69, 9.17) is 5.11 Å². The van der Waals surface area contributed by atoms with Gasteiger partial charge in [0, 0.05) is 17.9 Å². The molecule has 3 N–H and O–H groups in total. The Balaban J connectivity index is 2.29. The largest absolute Gasteiger partial charge is 0.481 e. The van der Waals surface area contributed by atoms with Gasteiger partial charge in [-0.15, -0.1) is 11.8 Å². The summed E-state index contributed by atoms with van der Waals surface area (Å²) < 4.78 is 0. The Hall–Kier alpha value is -1.69. The van der Waals surface area contributed by atoms with Crippen LogP contribution in [-0.2, 0) is 4.79 Å². The van der Waals surface area contributed by atoms with Gasteiger partial charge >= 0.3 is 12.0 Å². The van der Waals surface area contributed by atoms with Crippen LogP contribution in [0.25, 0.3) is 0 Å². The maximum absolute atomic E-state index is 11.6. The van der Waals surface area contributed by atoms with Crippen molar-refractivity contribution >= 4 is 29.4 Å². The highest BCUT2D eigenvalue weighted by molar-refractivity contribution is 7.98. The summed E-state index contributed by atoms with van der Waals surface area (Å²) in [5.41, 5.74) is 0.776. The molecule has 0 heterocycles. The fraction of sp³-hybridized carbons (Fsp3) is 0.385. The summed E-state index contributed by atoms with van der Waals surface area (Å²) in [6, 6.07) is 7.29.